The predicted molar refractivity (Wildman–Crippen MR) is 56.1 cm³/mol. The van der Waals surface area contributed by atoms with E-state index < -0.39 is 0 Å². The number of hydrogen-bond donors (Lipinski definition) is 2. The van der Waals surface area contributed by atoms with Crippen molar-refractivity contribution in [3.63, 3.8) is 0 Å². The van der Waals surface area contributed by atoms with Gasteiger partial charge in [0.15, 0.2) is 0 Å². The van der Waals surface area contributed by atoms with Crippen LogP contribution in [0, 0.1) is 0 Å². The van der Waals surface area contributed by atoms with Gasteiger partial charge < -0.3 is 9.97 Å². The molecule has 0 atom stereocenters. The lowest BCUT2D eigenvalue weighted by Gasteiger charge is -1.49. The van der Waals surface area contributed by atoms with Gasteiger partial charge in [-0.1, -0.05) is 0 Å². The largest absolute Gasteiger partial charge is 0.368 e. The highest BCUT2D eigenvalue weighted by atomic mass is 35.5. The molecule has 2 aromatic rings. The minimum atomic E-state index is 0. The zero-order valence-corrected chi connectivity index (χ0v) is 8.07. The summed E-state index contributed by atoms with van der Waals surface area (Å²) in [6, 6.07) is 7.78. The fourth-order valence-corrected chi connectivity index (χ4v) is 0.556. The molecule has 0 radical (unpaired) electrons. The van der Waals surface area contributed by atoms with Crippen LogP contribution in [0.15, 0.2) is 49.1 Å². The molecular formula is C8H12Cl2N2. The molecule has 2 rings (SSSR count). The van der Waals surface area contributed by atoms with Crippen molar-refractivity contribution >= 4 is 24.8 Å². The number of nitrogens with one attached hydrogen (secondary N) is 2. The van der Waals surface area contributed by atoms with E-state index in [1.54, 1.807) is 0 Å². The molecule has 0 fully saturated rings. The lowest BCUT2D eigenvalue weighted by atomic mass is 10.7. The first kappa shape index (κ1) is 13.7. The molecule has 0 unspecified atom stereocenters. The molecule has 0 spiro atoms. The van der Waals surface area contributed by atoms with Crippen molar-refractivity contribution in [3.8, 4) is 0 Å². The van der Waals surface area contributed by atoms with E-state index in [2.05, 4.69) is 9.97 Å². The molecule has 0 amide bonds. The van der Waals surface area contributed by atoms with Gasteiger partial charge in [-0.3, -0.25) is 0 Å². The van der Waals surface area contributed by atoms with Crippen LogP contribution in [-0.2, 0) is 0 Å². The van der Waals surface area contributed by atoms with Gasteiger partial charge in [-0.15, -0.1) is 24.8 Å². The minimum absolute atomic E-state index is 0. The Bertz CT molecular complexity index is 154. The van der Waals surface area contributed by atoms with E-state index in [4.69, 9.17) is 0 Å². The van der Waals surface area contributed by atoms with Crippen molar-refractivity contribution in [3.05, 3.63) is 49.1 Å². The first-order chi connectivity index (χ1) is 5.00. The summed E-state index contributed by atoms with van der Waals surface area (Å²) in [6.45, 7) is 0. The molecule has 0 aromatic carbocycles. The van der Waals surface area contributed by atoms with E-state index in [-0.39, 0.29) is 24.8 Å². The molecule has 0 saturated carbocycles. The lowest BCUT2D eigenvalue weighted by Crippen LogP contribution is -1.38. The maximum atomic E-state index is 2.86. The van der Waals surface area contributed by atoms with Gasteiger partial charge in [0.2, 0.25) is 0 Å². The van der Waals surface area contributed by atoms with E-state index >= 15 is 0 Å². The molecule has 0 aliphatic carbocycles. The summed E-state index contributed by atoms with van der Waals surface area (Å²) in [5.74, 6) is 0. The summed E-state index contributed by atoms with van der Waals surface area (Å²) in [5, 5.41) is 0. The summed E-state index contributed by atoms with van der Waals surface area (Å²) in [6.07, 6.45) is 7.50. The molecule has 0 bridgehead atoms. The zero-order valence-electron chi connectivity index (χ0n) is 6.44. The van der Waals surface area contributed by atoms with Crippen LogP contribution in [0.5, 0.6) is 0 Å². The number of H-pyrrole nitrogens is 2. The minimum Gasteiger partial charge on any atom is -0.368 e. The van der Waals surface area contributed by atoms with Crippen molar-refractivity contribution in [2.45, 2.75) is 0 Å². The predicted octanol–water partition coefficient (Wildman–Crippen LogP) is 2.87. The average molecular weight is 207 g/mol. The van der Waals surface area contributed by atoms with Crippen LogP contribution in [0.3, 0.4) is 0 Å². The molecule has 68 valence electrons. The normalized spacial score (nSPS) is 6.67. The van der Waals surface area contributed by atoms with Crippen LogP contribution in [0.2, 0.25) is 0 Å². The van der Waals surface area contributed by atoms with E-state index in [0.29, 0.717) is 0 Å². The molecule has 4 heteroatoms. The highest BCUT2D eigenvalue weighted by molar-refractivity contribution is 5.85. The molecule has 0 aliphatic heterocycles. The molecule has 0 aliphatic rings. The fraction of sp³-hybridized carbons (Fsp3) is 0. The summed E-state index contributed by atoms with van der Waals surface area (Å²) in [7, 11) is 0. The van der Waals surface area contributed by atoms with Gasteiger partial charge in [0.05, 0.1) is 0 Å². The summed E-state index contributed by atoms with van der Waals surface area (Å²) in [5.41, 5.74) is 0. The van der Waals surface area contributed by atoms with Crippen molar-refractivity contribution < 1.29 is 0 Å². The van der Waals surface area contributed by atoms with Crippen molar-refractivity contribution in [2.24, 2.45) is 0 Å². The number of halogens is 2. The van der Waals surface area contributed by atoms with Gasteiger partial charge in [-0.25, -0.2) is 0 Å². The first-order valence-electron chi connectivity index (χ1n) is 3.15. The van der Waals surface area contributed by atoms with Crippen LogP contribution in [-0.4, -0.2) is 9.97 Å². The summed E-state index contributed by atoms with van der Waals surface area (Å²) in [4.78, 5) is 5.72. The van der Waals surface area contributed by atoms with Gasteiger partial charge in [-0.05, 0) is 24.3 Å². The third-order valence-corrected chi connectivity index (χ3v) is 0.992. The average Bonchev–Trinajstić information content (AvgIpc) is 2.67. The molecule has 2 N–H and O–H groups in total. The Balaban J connectivity index is 0. The van der Waals surface area contributed by atoms with E-state index in [1.807, 2.05) is 49.1 Å². The third-order valence-electron chi connectivity index (χ3n) is 0.992. The molecule has 0 saturated heterocycles. The van der Waals surface area contributed by atoms with Crippen LogP contribution in [0.25, 0.3) is 0 Å². The number of hydrogen-bond acceptors (Lipinski definition) is 0. The highest BCUT2D eigenvalue weighted by Crippen LogP contribution is 1.72. The maximum Gasteiger partial charge on any atom is 0.000496 e. The van der Waals surface area contributed by atoms with Crippen molar-refractivity contribution in [1.82, 2.24) is 9.97 Å². The molecule has 2 heterocycles. The Kier molecular flexibility index (Phi) is 11.6. The Labute approximate surface area is 84.2 Å². The van der Waals surface area contributed by atoms with Gasteiger partial charge >= 0.3 is 0 Å². The first-order valence-corrected chi connectivity index (χ1v) is 3.15. The van der Waals surface area contributed by atoms with Crippen LogP contribution >= 0.6 is 24.8 Å². The molecular weight excluding hydrogens is 195 g/mol. The monoisotopic (exact) mass is 206 g/mol. The smallest absolute Gasteiger partial charge is 0.000496 e. The van der Waals surface area contributed by atoms with E-state index in [1.165, 1.54) is 0 Å². The number of aromatic nitrogens is 2. The zero-order chi connectivity index (χ0) is 7.07. The fourth-order valence-electron chi connectivity index (χ4n) is 0.556. The maximum absolute atomic E-state index is 2.86. The topological polar surface area (TPSA) is 31.6 Å². The van der Waals surface area contributed by atoms with Gasteiger partial charge in [0.1, 0.15) is 0 Å². The van der Waals surface area contributed by atoms with Crippen LogP contribution in [0.4, 0.5) is 0 Å². The van der Waals surface area contributed by atoms with Crippen LogP contribution in [0.1, 0.15) is 0 Å². The summed E-state index contributed by atoms with van der Waals surface area (Å²) >= 11 is 0. The van der Waals surface area contributed by atoms with Gasteiger partial charge in [0.25, 0.3) is 0 Å². The second kappa shape index (κ2) is 10.1. The van der Waals surface area contributed by atoms with Crippen molar-refractivity contribution in [2.75, 3.05) is 0 Å². The molecule has 12 heavy (non-hydrogen) atoms. The Morgan fingerprint density at radius 2 is 0.750 bits per heavy atom. The Hall–Kier alpha value is -0.860. The second-order valence-corrected chi connectivity index (χ2v) is 1.77. The molecule has 2 nitrogen and oxygen atoms in total. The van der Waals surface area contributed by atoms with Crippen LogP contribution < -0.4 is 0 Å². The molecule has 2 aromatic heterocycles. The standard InChI is InChI=1S/2C4H5N.2ClH/c2*1-2-4-5-3-1;;/h2*1-5H;2*1H. The van der Waals surface area contributed by atoms with Gasteiger partial charge in [0, 0.05) is 24.8 Å². The number of aromatic amines is 2. The third kappa shape index (κ3) is 7.25. The number of rotatable bonds is 0. The highest BCUT2D eigenvalue weighted by Gasteiger charge is 1.56. The summed E-state index contributed by atoms with van der Waals surface area (Å²) < 4.78 is 0. The second-order valence-electron chi connectivity index (χ2n) is 1.77. The Morgan fingerprint density at radius 3 is 0.833 bits per heavy atom. The van der Waals surface area contributed by atoms with E-state index in [9.17, 15) is 0 Å². The Morgan fingerprint density at radius 1 is 0.500 bits per heavy atom. The SMILES string of the molecule is Cl.Cl.c1cc[nH]c1.c1cc[nH]c1. The van der Waals surface area contributed by atoms with E-state index in [0.717, 1.165) is 0 Å². The van der Waals surface area contributed by atoms with Gasteiger partial charge in [-0.2, -0.15) is 0 Å². The lowest BCUT2D eigenvalue weighted by molar-refractivity contribution is 1.41. The van der Waals surface area contributed by atoms with Crippen molar-refractivity contribution in [1.29, 1.82) is 0 Å². The quantitative estimate of drug-likeness (QED) is 0.665.